The van der Waals surface area contributed by atoms with Crippen molar-refractivity contribution in [1.82, 2.24) is 0 Å². The van der Waals surface area contributed by atoms with E-state index in [1.54, 1.807) is 24.3 Å². The molecule has 6 nitrogen and oxygen atoms in total. The van der Waals surface area contributed by atoms with Crippen LogP contribution in [0.1, 0.15) is 12.0 Å². The summed E-state index contributed by atoms with van der Waals surface area (Å²) in [6.45, 7) is 0. The lowest BCUT2D eigenvalue weighted by Gasteiger charge is -2.24. The number of hydrogen-bond donors (Lipinski definition) is 2. The minimum absolute atomic E-state index is 0.0197. The van der Waals surface area contributed by atoms with Gasteiger partial charge in [0.25, 0.3) is 5.69 Å². The summed E-state index contributed by atoms with van der Waals surface area (Å²) in [5.74, 6) is -0.599. The molecule has 98 valence electrons. The van der Waals surface area contributed by atoms with Crippen molar-refractivity contribution in [2.24, 2.45) is 11.5 Å². The summed E-state index contributed by atoms with van der Waals surface area (Å²) < 4.78 is 0. The molecule has 6 heteroatoms. The second-order valence-corrected chi connectivity index (χ2v) is 4.41. The number of carbonyl (C=O) groups excluding carboxylic acids is 1. The third-order valence-electron chi connectivity index (χ3n) is 3.07. The molecule has 4 N–H and O–H groups in total. The predicted octanol–water partition coefficient (Wildman–Crippen LogP) is 1.12. The number of hydrogen-bond acceptors (Lipinski definition) is 4. The van der Waals surface area contributed by atoms with Crippen LogP contribution in [-0.2, 0) is 4.79 Å². The first-order valence-electron chi connectivity index (χ1n) is 5.65. The first-order valence-corrected chi connectivity index (χ1v) is 5.65. The van der Waals surface area contributed by atoms with Gasteiger partial charge in [0.2, 0.25) is 5.91 Å². The number of benzene rings is 1. The minimum Gasteiger partial charge on any atom is -0.368 e. The molecule has 0 radical (unpaired) electrons. The number of primary amides is 1. The van der Waals surface area contributed by atoms with Crippen LogP contribution in [0.2, 0.25) is 0 Å². The third kappa shape index (κ3) is 2.53. The fourth-order valence-corrected chi connectivity index (χ4v) is 1.85. The molecule has 0 heterocycles. The van der Waals surface area contributed by atoms with Gasteiger partial charge in [-0.15, -0.1) is 0 Å². The van der Waals surface area contributed by atoms with Gasteiger partial charge in [-0.05, 0) is 17.6 Å². The van der Waals surface area contributed by atoms with Crippen molar-refractivity contribution in [3.63, 3.8) is 0 Å². The maximum Gasteiger partial charge on any atom is 0.270 e. The fourth-order valence-electron chi connectivity index (χ4n) is 1.85. The van der Waals surface area contributed by atoms with Crippen molar-refractivity contribution in [3.05, 3.63) is 58.2 Å². The summed E-state index contributed by atoms with van der Waals surface area (Å²) >= 11 is 0. The Morgan fingerprint density at radius 2 is 2.16 bits per heavy atom. The van der Waals surface area contributed by atoms with Crippen molar-refractivity contribution in [3.8, 4) is 0 Å². The normalized spacial score (nSPS) is 21.8. The van der Waals surface area contributed by atoms with Crippen LogP contribution in [0, 0.1) is 10.1 Å². The number of allylic oxidation sites excluding steroid dienone is 2. The van der Waals surface area contributed by atoms with E-state index in [2.05, 4.69) is 0 Å². The highest BCUT2D eigenvalue weighted by molar-refractivity contribution is 5.90. The molecule has 0 bridgehead atoms. The van der Waals surface area contributed by atoms with Crippen LogP contribution in [-0.4, -0.2) is 16.4 Å². The SMILES string of the molecule is NC(=O)C1(N)C=CC(c2cccc([N+](=O)[O-])c2)=CC1. The Morgan fingerprint density at radius 3 is 2.68 bits per heavy atom. The van der Waals surface area contributed by atoms with Gasteiger partial charge in [-0.25, -0.2) is 0 Å². The van der Waals surface area contributed by atoms with E-state index in [0.29, 0.717) is 5.56 Å². The van der Waals surface area contributed by atoms with E-state index >= 15 is 0 Å². The van der Waals surface area contributed by atoms with Gasteiger partial charge < -0.3 is 11.5 Å². The number of non-ortho nitro benzene ring substituents is 1. The molecule has 1 aliphatic rings. The molecule has 0 aliphatic heterocycles. The van der Waals surface area contributed by atoms with E-state index < -0.39 is 16.4 Å². The smallest absolute Gasteiger partial charge is 0.270 e. The van der Waals surface area contributed by atoms with Crippen molar-refractivity contribution in [1.29, 1.82) is 0 Å². The Balaban J connectivity index is 2.29. The van der Waals surface area contributed by atoms with Crippen LogP contribution in [0.15, 0.2) is 42.5 Å². The Morgan fingerprint density at radius 1 is 1.42 bits per heavy atom. The molecular formula is C13H13N3O3. The second-order valence-electron chi connectivity index (χ2n) is 4.41. The topological polar surface area (TPSA) is 112 Å². The van der Waals surface area contributed by atoms with Crippen LogP contribution in [0.3, 0.4) is 0 Å². The standard InChI is InChI=1S/C13H13N3O3/c14-12(17)13(15)6-4-9(5-7-13)10-2-1-3-11(8-10)16(18)19/h1-6,8H,7,15H2,(H2,14,17). The van der Waals surface area contributed by atoms with Crippen molar-refractivity contribution in [2.75, 3.05) is 0 Å². The fraction of sp³-hybridized carbons (Fsp3) is 0.154. The third-order valence-corrected chi connectivity index (χ3v) is 3.07. The largest absolute Gasteiger partial charge is 0.368 e. The average molecular weight is 259 g/mol. The highest BCUT2D eigenvalue weighted by Crippen LogP contribution is 2.27. The zero-order valence-corrected chi connectivity index (χ0v) is 10.1. The van der Waals surface area contributed by atoms with Crippen LogP contribution in [0.25, 0.3) is 5.57 Å². The summed E-state index contributed by atoms with van der Waals surface area (Å²) in [5, 5.41) is 10.7. The molecule has 1 unspecified atom stereocenters. The Bertz CT molecular complexity index is 607. The molecule has 1 atom stereocenters. The number of rotatable bonds is 3. The molecule has 1 aromatic rings. The van der Waals surface area contributed by atoms with Gasteiger partial charge in [0.05, 0.1) is 4.92 Å². The number of nitro groups is 1. The monoisotopic (exact) mass is 259 g/mol. The molecule has 0 spiro atoms. The molecular weight excluding hydrogens is 246 g/mol. The Kier molecular flexibility index (Phi) is 3.18. The Labute approximate surface area is 109 Å². The average Bonchev–Trinajstić information content (AvgIpc) is 2.39. The van der Waals surface area contributed by atoms with E-state index in [-0.39, 0.29) is 12.1 Å². The van der Waals surface area contributed by atoms with E-state index in [1.165, 1.54) is 18.2 Å². The Hall–Kier alpha value is -2.47. The van der Waals surface area contributed by atoms with E-state index in [4.69, 9.17) is 11.5 Å². The van der Waals surface area contributed by atoms with E-state index in [0.717, 1.165) is 5.57 Å². The van der Waals surface area contributed by atoms with Gasteiger partial charge in [-0.1, -0.05) is 30.4 Å². The van der Waals surface area contributed by atoms with Crippen LogP contribution in [0.4, 0.5) is 5.69 Å². The van der Waals surface area contributed by atoms with Gasteiger partial charge in [-0.3, -0.25) is 14.9 Å². The molecule has 19 heavy (non-hydrogen) atoms. The maximum absolute atomic E-state index is 11.2. The van der Waals surface area contributed by atoms with Gasteiger partial charge >= 0.3 is 0 Å². The molecule has 1 aliphatic carbocycles. The lowest BCUT2D eigenvalue weighted by Crippen LogP contribution is -2.50. The minimum atomic E-state index is -1.18. The number of nitro benzene ring substituents is 1. The van der Waals surface area contributed by atoms with E-state index in [1.807, 2.05) is 0 Å². The maximum atomic E-state index is 11.2. The quantitative estimate of drug-likeness (QED) is 0.625. The van der Waals surface area contributed by atoms with Gasteiger partial charge in [0.1, 0.15) is 5.54 Å². The van der Waals surface area contributed by atoms with Gasteiger partial charge in [0.15, 0.2) is 0 Å². The second kappa shape index (κ2) is 4.66. The summed E-state index contributed by atoms with van der Waals surface area (Å²) in [6.07, 6.45) is 5.22. The van der Waals surface area contributed by atoms with Crippen LogP contribution < -0.4 is 11.5 Å². The first kappa shape index (κ1) is 13.0. The number of nitrogens with two attached hydrogens (primary N) is 2. The zero-order chi connectivity index (χ0) is 14.0. The summed E-state index contributed by atoms with van der Waals surface area (Å²) in [6, 6.07) is 6.27. The molecule has 0 saturated heterocycles. The van der Waals surface area contributed by atoms with Crippen molar-refractivity contribution < 1.29 is 9.72 Å². The molecule has 1 aromatic carbocycles. The highest BCUT2D eigenvalue weighted by atomic mass is 16.6. The molecule has 0 aromatic heterocycles. The van der Waals surface area contributed by atoms with Gasteiger partial charge in [0, 0.05) is 12.1 Å². The van der Waals surface area contributed by atoms with Gasteiger partial charge in [-0.2, -0.15) is 0 Å². The zero-order valence-electron chi connectivity index (χ0n) is 10.1. The van der Waals surface area contributed by atoms with Crippen molar-refractivity contribution >= 4 is 17.2 Å². The first-order chi connectivity index (χ1) is 8.92. The van der Waals surface area contributed by atoms with Crippen LogP contribution >= 0.6 is 0 Å². The number of amides is 1. The lowest BCUT2D eigenvalue weighted by atomic mass is 9.87. The number of nitrogens with zero attached hydrogens (tertiary/aromatic N) is 1. The summed E-state index contributed by atoms with van der Waals surface area (Å²) in [4.78, 5) is 21.5. The summed E-state index contributed by atoms with van der Waals surface area (Å²) in [7, 11) is 0. The van der Waals surface area contributed by atoms with E-state index in [9.17, 15) is 14.9 Å². The van der Waals surface area contributed by atoms with Crippen LogP contribution in [0.5, 0.6) is 0 Å². The summed E-state index contributed by atoms with van der Waals surface area (Å²) in [5.41, 5.74) is 11.4. The molecule has 2 rings (SSSR count). The predicted molar refractivity (Wildman–Crippen MR) is 70.9 cm³/mol. The van der Waals surface area contributed by atoms with Crippen molar-refractivity contribution in [2.45, 2.75) is 12.0 Å². The molecule has 0 fully saturated rings. The molecule has 0 saturated carbocycles. The molecule has 1 amide bonds. The highest BCUT2D eigenvalue weighted by Gasteiger charge is 2.29. The number of carbonyl (C=O) groups is 1. The lowest BCUT2D eigenvalue weighted by molar-refractivity contribution is -0.384.